The van der Waals surface area contributed by atoms with Gasteiger partial charge >= 0.3 is 0 Å². The highest BCUT2D eigenvalue weighted by Crippen LogP contribution is 2.19. The summed E-state index contributed by atoms with van der Waals surface area (Å²) in [6.07, 6.45) is 0. The molecule has 0 aliphatic carbocycles. The third-order valence-corrected chi connectivity index (χ3v) is 5.87. The molecule has 2 N–H and O–H groups in total. The van der Waals surface area contributed by atoms with E-state index in [0.29, 0.717) is 11.2 Å². The van der Waals surface area contributed by atoms with Gasteiger partial charge in [0.05, 0.1) is 0 Å². The zero-order valence-corrected chi connectivity index (χ0v) is 12.1. The molecule has 0 saturated heterocycles. The maximum atomic E-state index is 5.56. The first-order valence-electron chi connectivity index (χ1n) is 4.85. The first kappa shape index (κ1) is 15.4. The summed E-state index contributed by atoms with van der Waals surface area (Å²) in [5.74, 6) is 6.03. The molecule has 0 spiro atoms. The minimum absolute atomic E-state index is 0.635. The van der Waals surface area contributed by atoms with E-state index < -0.39 is 0 Å². The average Bonchev–Trinajstić information content (AvgIpc) is 2.22. The van der Waals surface area contributed by atoms with Crippen LogP contribution < -0.4 is 5.73 Å². The molecule has 86 valence electrons. The van der Waals surface area contributed by atoms with Gasteiger partial charge in [0.2, 0.25) is 0 Å². The van der Waals surface area contributed by atoms with E-state index in [4.69, 9.17) is 5.73 Å². The Labute approximate surface area is 108 Å². The second-order valence-corrected chi connectivity index (χ2v) is 6.57. The number of thioether (sulfide) groups is 2. The zero-order valence-electron chi connectivity index (χ0n) is 8.69. The van der Waals surface area contributed by atoms with E-state index >= 15 is 0 Å². The number of thiol groups is 2. The quantitative estimate of drug-likeness (QED) is 0.561. The van der Waals surface area contributed by atoms with Crippen molar-refractivity contribution in [2.45, 2.75) is 12.2 Å². The van der Waals surface area contributed by atoms with Gasteiger partial charge in [0.15, 0.2) is 0 Å². The number of nitrogens with two attached hydrogens (primary N) is 1. The number of hydrogen-bond acceptors (Lipinski definition) is 5. The van der Waals surface area contributed by atoms with Crippen molar-refractivity contribution in [1.29, 1.82) is 0 Å². The minimum atomic E-state index is 0.635. The summed E-state index contributed by atoms with van der Waals surface area (Å²) in [6, 6.07) is 0. The lowest BCUT2D eigenvalue weighted by Crippen LogP contribution is -2.15. The highest BCUT2D eigenvalue weighted by atomic mass is 32.2. The third-order valence-electron chi connectivity index (χ3n) is 1.76. The second kappa shape index (κ2) is 10.9. The van der Waals surface area contributed by atoms with E-state index in [1.54, 1.807) is 0 Å². The lowest BCUT2D eigenvalue weighted by atomic mass is 10.2. The topological polar surface area (TPSA) is 26.0 Å². The van der Waals surface area contributed by atoms with Gasteiger partial charge in [-0.15, -0.1) is 0 Å². The van der Waals surface area contributed by atoms with Crippen molar-refractivity contribution in [2.24, 2.45) is 11.7 Å². The van der Waals surface area contributed by atoms with E-state index in [1.807, 2.05) is 23.5 Å². The van der Waals surface area contributed by atoms with Gasteiger partial charge in [-0.05, 0) is 24.0 Å². The summed E-state index contributed by atoms with van der Waals surface area (Å²) in [7, 11) is 0. The Morgan fingerprint density at radius 1 is 1.29 bits per heavy atom. The predicted molar refractivity (Wildman–Crippen MR) is 79.5 cm³/mol. The Balaban J connectivity index is 3.42. The maximum absolute atomic E-state index is 5.56. The molecule has 2 atom stereocenters. The zero-order chi connectivity index (χ0) is 10.8. The van der Waals surface area contributed by atoms with Crippen LogP contribution in [0.1, 0.15) is 6.92 Å². The molecule has 0 aromatic rings. The summed E-state index contributed by atoms with van der Waals surface area (Å²) in [4.78, 5) is 0. The highest BCUT2D eigenvalue weighted by molar-refractivity contribution is 8.04. The molecule has 1 nitrogen and oxygen atoms in total. The molecule has 5 heteroatoms. The van der Waals surface area contributed by atoms with Crippen molar-refractivity contribution >= 4 is 48.8 Å². The molecule has 0 aliphatic rings. The molecule has 2 unspecified atom stereocenters. The standard InChI is InChI=1S/C9H21NS4/c1-8(4-10)6-13-7-9(5-12)14-3-2-11/h8-9,11-12H,2-7,10H2,1H3. The van der Waals surface area contributed by atoms with Gasteiger partial charge in [0, 0.05) is 22.5 Å². The predicted octanol–water partition coefficient (Wildman–Crippen LogP) is 2.28. The summed E-state index contributed by atoms with van der Waals surface area (Å²) in [6.45, 7) is 2.99. The molecule has 0 aliphatic heterocycles. The second-order valence-electron chi connectivity index (χ2n) is 3.28. The van der Waals surface area contributed by atoms with Gasteiger partial charge in [-0.2, -0.15) is 48.8 Å². The summed E-state index contributed by atoms with van der Waals surface area (Å²) >= 11 is 12.5. The van der Waals surface area contributed by atoms with Crippen molar-refractivity contribution < 1.29 is 0 Å². The molecule has 0 bridgehead atoms. The SMILES string of the molecule is CC(CN)CSCC(CS)SCCS. The van der Waals surface area contributed by atoms with Gasteiger partial charge in [-0.25, -0.2) is 0 Å². The van der Waals surface area contributed by atoms with Crippen molar-refractivity contribution in [2.75, 3.05) is 35.3 Å². The Bertz CT molecular complexity index is 123. The van der Waals surface area contributed by atoms with E-state index in [1.165, 1.54) is 11.5 Å². The minimum Gasteiger partial charge on any atom is -0.330 e. The fraction of sp³-hybridized carbons (Fsp3) is 1.00. The molecule has 0 saturated carbocycles. The molecule has 14 heavy (non-hydrogen) atoms. The highest BCUT2D eigenvalue weighted by Gasteiger charge is 2.07. The molecule has 0 radical (unpaired) electrons. The van der Waals surface area contributed by atoms with Crippen molar-refractivity contribution in [3.8, 4) is 0 Å². The molecule has 0 aromatic heterocycles. The van der Waals surface area contributed by atoms with Crippen molar-refractivity contribution in [3.63, 3.8) is 0 Å². The maximum Gasteiger partial charge on any atom is 0.0226 e. The largest absolute Gasteiger partial charge is 0.330 e. The van der Waals surface area contributed by atoms with Crippen LogP contribution in [0.15, 0.2) is 0 Å². The molecular weight excluding hydrogens is 250 g/mol. The Morgan fingerprint density at radius 2 is 2.00 bits per heavy atom. The molecule has 0 heterocycles. The van der Waals surface area contributed by atoms with Gasteiger partial charge in [-0.1, -0.05) is 6.92 Å². The Morgan fingerprint density at radius 3 is 2.50 bits per heavy atom. The van der Waals surface area contributed by atoms with Crippen LogP contribution in [0.4, 0.5) is 0 Å². The molecule has 0 aromatic carbocycles. The van der Waals surface area contributed by atoms with Gasteiger partial charge in [0.25, 0.3) is 0 Å². The third kappa shape index (κ3) is 8.65. The lowest BCUT2D eigenvalue weighted by Gasteiger charge is -2.14. The van der Waals surface area contributed by atoms with Crippen LogP contribution in [-0.4, -0.2) is 40.6 Å². The van der Waals surface area contributed by atoms with Crippen LogP contribution in [0.2, 0.25) is 0 Å². The monoisotopic (exact) mass is 271 g/mol. The Hall–Kier alpha value is 1.36. The van der Waals surface area contributed by atoms with E-state index in [9.17, 15) is 0 Å². The molecule has 0 rings (SSSR count). The van der Waals surface area contributed by atoms with E-state index in [2.05, 4.69) is 32.2 Å². The van der Waals surface area contributed by atoms with Gasteiger partial charge < -0.3 is 5.73 Å². The number of hydrogen-bond donors (Lipinski definition) is 3. The summed E-state index contributed by atoms with van der Waals surface area (Å²) in [5.41, 5.74) is 5.56. The first-order chi connectivity index (χ1) is 6.74. The first-order valence-corrected chi connectivity index (χ1v) is 8.32. The average molecular weight is 272 g/mol. The van der Waals surface area contributed by atoms with Gasteiger partial charge in [0.1, 0.15) is 0 Å². The van der Waals surface area contributed by atoms with Crippen LogP contribution in [-0.2, 0) is 0 Å². The Kier molecular flexibility index (Phi) is 11.9. The molecule has 0 fully saturated rings. The van der Waals surface area contributed by atoms with Gasteiger partial charge in [-0.3, -0.25) is 0 Å². The van der Waals surface area contributed by atoms with Crippen LogP contribution >= 0.6 is 48.8 Å². The normalized spacial score (nSPS) is 15.4. The fourth-order valence-electron chi connectivity index (χ4n) is 0.842. The molecular formula is C9H21NS4. The number of rotatable bonds is 9. The van der Waals surface area contributed by atoms with Crippen molar-refractivity contribution in [1.82, 2.24) is 0 Å². The molecule has 0 amide bonds. The van der Waals surface area contributed by atoms with Crippen LogP contribution in [0.5, 0.6) is 0 Å². The van der Waals surface area contributed by atoms with E-state index in [0.717, 1.165) is 23.8 Å². The fourth-order valence-corrected chi connectivity index (χ4v) is 4.05. The summed E-state index contributed by atoms with van der Waals surface area (Å²) in [5, 5.41) is 0.667. The van der Waals surface area contributed by atoms with Crippen LogP contribution in [0.25, 0.3) is 0 Å². The summed E-state index contributed by atoms with van der Waals surface area (Å²) < 4.78 is 0. The van der Waals surface area contributed by atoms with Crippen LogP contribution in [0.3, 0.4) is 0 Å². The van der Waals surface area contributed by atoms with Crippen molar-refractivity contribution in [3.05, 3.63) is 0 Å². The smallest absolute Gasteiger partial charge is 0.0226 e. The van der Waals surface area contributed by atoms with E-state index in [-0.39, 0.29) is 0 Å². The van der Waals surface area contributed by atoms with Crippen LogP contribution in [0, 0.1) is 5.92 Å². The lowest BCUT2D eigenvalue weighted by molar-refractivity contribution is 0.675.